The number of ether oxygens (including phenoxy) is 1. The molecule has 1 saturated carbocycles. The van der Waals surface area contributed by atoms with E-state index in [4.69, 9.17) is 4.74 Å². The molecule has 0 atom stereocenters. The van der Waals surface area contributed by atoms with Crippen molar-refractivity contribution in [2.75, 3.05) is 0 Å². The largest absolute Gasteiger partial charge is 0.490 e. The molecule has 0 aromatic heterocycles. The van der Waals surface area contributed by atoms with Crippen molar-refractivity contribution in [3.63, 3.8) is 0 Å². The number of benzene rings is 1. The summed E-state index contributed by atoms with van der Waals surface area (Å²) in [7, 11) is 0. The molecule has 1 nitrogen and oxygen atoms in total. The van der Waals surface area contributed by atoms with E-state index >= 15 is 0 Å². The highest BCUT2D eigenvalue weighted by Crippen LogP contribution is 2.21. The van der Waals surface area contributed by atoms with Gasteiger partial charge < -0.3 is 4.74 Å². The second-order valence-corrected chi connectivity index (χ2v) is 4.32. The Morgan fingerprint density at radius 1 is 0.933 bits per heavy atom. The smallest absolute Gasteiger partial charge is 0.119 e. The van der Waals surface area contributed by atoms with E-state index in [1.165, 1.54) is 44.9 Å². The average molecular weight is 203 g/mol. The van der Waals surface area contributed by atoms with Gasteiger partial charge in [0.15, 0.2) is 0 Å². The lowest BCUT2D eigenvalue weighted by molar-refractivity contribution is 0.166. The van der Waals surface area contributed by atoms with Crippen LogP contribution in [0.1, 0.15) is 44.9 Å². The normalized spacial score (nSPS) is 19.2. The molecule has 0 saturated heterocycles. The van der Waals surface area contributed by atoms with Gasteiger partial charge in [0.05, 0.1) is 6.10 Å². The second kappa shape index (κ2) is 5.79. The van der Waals surface area contributed by atoms with Gasteiger partial charge in [0, 0.05) is 0 Å². The van der Waals surface area contributed by atoms with E-state index in [-0.39, 0.29) is 0 Å². The first kappa shape index (κ1) is 10.5. The zero-order valence-corrected chi connectivity index (χ0v) is 9.24. The fourth-order valence-electron chi connectivity index (χ4n) is 2.18. The summed E-state index contributed by atoms with van der Waals surface area (Å²) in [4.78, 5) is 0. The topological polar surface area (TPSA) is 9.23 Å². The first-order valence-corrected chi connectivity index (χ1v) is 6.08. The average Bonchev–Trinajstić information content (AvgIpc) is 2.23. The van der Waals surface area contributed by atoms with Crippen LogP contribution >= 0.6 is 0 Å². The summed E-state index contributed by atoms with van der Waals surface area (Å²) in [5.74, 6) is 0.999. The Kier molecular flexibility index (Phi) is 4.07. The van der Waals surface area contributed by atoms with E-state index in [9.17, 15) is 0 Å². The van der Waals surface area contributed by atoms with Crippen molar-refractivity contribution in [2.24, 2.45) is 0 Å². The summed E-state index contributed by atoms with van der Waals surface area (Å²) in [6.45, 7) is 0. The standard InChI is InChI=1S/C14H19O/c1-2-5-9-13(10-6-3-1)15-14-11-7-4-8-12-14/h7-8,11-13H,1-3,5-6,9-10H2. The van der Waals surface area contributed by atoms with Gasteiger partial charge >= 0.3 is 0 Å². The highest BCUT2D eigenvalue weighted by molar-refractivity contribution is 5.20. The number of rotatable bonds is 2. The van der Waals surface area contributed by atoms with E-state index < -0.39 is 0 Å². The molecule has 1 radical (unpaired) electrons. The van der Waals surface area contributed by atoms with E-state index in [1.54, 1.807) is 0 Å². The molecule has 1 fully saturated rings. The quantitative estimate of drug-likeness (QED) is 0.706. The monoisotopic (exact) mass is 203 g/mol. The van der Waals surface area contributed by atoms with Crippen LogP contribution in [0.3, 0.4) is 0 Å². The van der Waals surface area contributed by atoms with Crippen molar-refractivity contribution in [1.29, 1.82) is 0 Å². The molecule has 1 aliphatic carbocycles. The van der Waals surface area contributed by atoms with Gasteiger partial charge in [-0.3, -0.25) is 0 Å². The lowest BCUT2D eigenvalue weighted by atomic mass is 9.98. The molecule has 0 amide bonds. The van der Waals surface area contributed by atoms with Crippen LogP contribution in [-0.4, -0.2) is 6.10 Å². The van der Waals surface area contributed by atoms with Crippen molar-refractivity contribution in [2.45, 2.75) is 51.0 Å². The van der Waals surface area contributed by atoms with Gasteiger partial charge in [0.1, 0.15) is 5.75 Å². The molecular weight excluding hydrogens is 184 g/mol. The zero-order chi connectivity index (χ0) is 10.3. The van der Waals surface area contributed by atoms with E-state index in [0.717, 1.165) is 5.75 Å². The SMILES string of the molecule is [c]1ccc(OC2CCCCCCC2)cc1. The first-order valence-electron chi connectivity index (χ1n) is 6.08. The Labute approximate surface area is 92.5 Å². The summed E-state index contributed by atoms with van der Waals surface area (Å²) >= 11 is 0. The second-order valence-electron chi connectivity index (χ2n) is 4.32. The van der Waals surface area contributed by atoms with Crippen LogP contribution in [0, 0.1) is 6.07 Å². The molecule has 1 aromatic rings. The molecule has 0 heterocycles. The highest BCUT2D eigenvalue weighted by Gasteiger charge is 2.12. The zero-order valence-electron chi connectivity index (χ0n) is 9.24. The van der Waals surface area contributed by atoms with E-state index in [1.807, 2.05) is 24.3 Å². The molecule has 1 heteroatoms. The Morgan fingerprint density at radius 2 is 1.53 bits per heavy atom. The van der Waals surface area contributed by atoms with Crippen LogP contribution in [0.25, 0.3) is 0 Å². The minimum Gasteiger partial charge on any atom is -0.490 e. The minimum absolute atomic E-state index is 0.438. The minimum atomic E-state index is 0.438. The van der Waals surface area contributed by atoms with Crippen LogP contribution in [-0.2, 0) is 0 Å². The fraction of sp³-hybridized carbons (Fsp3) is 0.571. The molecule has 2 rings (SSSR count). The van der Waals surface area contributed by atoms with E-state index in [2.05, 4.69) is 6.07 Å². The Balaban J connectivity index is 1.86. The van der Waals surface area contributed by atoms with Crippen LogP contribution in [0.4, 0.5) is 0 Å². The lowest BCUT2D eigenvalue weighted by Gasteiger charge is -2.21. The van der Waals surface area contributed by atoms with Gasteiger partial charge in [-0.15, -0.1) is 0 Å². The molecule has 0 aliphatic heterocycles. The van der Waals surface area contributed by atoms with Crippen LogP contribution in [0.5, 0.6) is 5.75 Å². The van der Waals surface area contributed by atoms with Crippen LogP contribution < -0.4 is 4.74 Å². The summed E-state index contributed by atoms with van der Waals surface area (Å²) in [5.41, 5.74) is 0. The van der Waals surface area contributed by atoms with Crippen molar-refractivity contribution in [3.05, 3.63) is 30.3 Å². The predicted octanol–water partition coefficient (Wildman–Crippen LogP) is 3.98. The molecule has 0 N–H and O–H groups in total. The Bertz CT molecular complexity index is 260. The van der Waals surface area contributed by atoms with Gasteiger partial charge in [0.25, 0.3) is 0 Å². The maximum atomic E-state index is 5.97. The van der Waals surface area contributed by atoms with Gasteiger partial charge in [-0.25, -0.2) is 0 Å². The van der Waals surface area contributed by atoms with Crippen molar-refractivity contribution >= 4 is 0 Å². The van der Waals surface area contributed by atoms with E-state index in [0.29, 0.717) is 6.10 Å². The van der Waals surface area contributed by atoms with Gasteiger partial charge in [-0.2, -0.15) is 0 Å². The fourth-order valence-corrected chi connectivity index (χ4v) is 2.18. The summed E-state index contributed by atoms with van der Waals surface area (Å²) in [6, 6.07) is 10.8. The molecule has 0 spiro atoms. The predicted molar refractivity (Wildman–Crippen MR) is 62.0 cm³/mol. The van der Waals surface area contributed by atoms with Gasteiger partial charge in [-0.1, -0.05) is 31.4 Å². The molecule has 1 aliphatic rings. The molecule has 1 aromatic carbocycles. The summed E-state index contributed by atoms with van der Waals surface area (Å²) in [6.07, 6.45) is 9.69. The maximum Gasteiger partial charge on any atom is 0.119 e. The maximum absolute atomic E-state index is 5.97. The molecular formula is C14H19O. The number of hydrogen-bond acceptors (Lipinski definition) is 1. The molecule has 15 heavy (non-hydrogen) atoms. The third kappa shape index (κ3) is 3.58. The lowest BCUT2D eigenvalue weighted by Crippen LogP contribution is -2.17. The van der Waals surface area contributed by atoms with Gasteiger partial charge in [0.2, 0.25) is 0 Å². The Morgan fingerprint density at radius 3 is 2.20 bits per heavy atom. The molecule has 0 bridgehead atoms. The first-order chi connectivity index (χ1) is 7.45. The number of hydrogen-bond donors (Lipinski definition) is 0. The molecule has 0 unspecified atom stereocenters. The highest BCUT2D eigenvalue weighted by atomic mass is 16.5. The Hall–Kier alpha value is -0.980. The summed E-state index contributed by atoms with van der Waals surface area (Å²) in [5, 5.41) is 0. The summed E-state index contributed by atoms with van der Waals surface area (Å²) < 4.78 is 5.97. The third-order valence-corrected chi connectivity index (χ3v) is 3.04. The van der Waals surface area contributed by atoms with Crippen molar-refractivity contribution < 1.29 is 4.74 Å². The van der Waals surface area contributed by atoms with Crippen LogP contribution in [0.15, 0.2) is 24.3 Å². The van der Waals surface area contributed by atoms with Crippen LogP contribution in [0.2, 0.25) is 0 Å². The van der Waals surface area contributed by atoms with Gasteiger partial charge in [-0.05, 0) is 43.9 Å². The van der Waals surface area contributed by atoms with Crippen molar-refractivity contribution in [3.8, 4) is 5.75 Å². The third-order valence-electron chi connectivity index (χ3n) is 3.04. The van der Waals surface area contributed by atoms with Crippen molar-refractivity contribution in [1.82, 2.24) is 0 Å². The molecule has 81 valence electrons.